The van der Waals surface area contributed by atoms with Crippen LogP contribution in [0.5, 0.6) is 0 Å². The van der Waals surface area contributed by atoms with Crippen molar-refractivity contribution < 1.29 is 29.4 Å². The molecule has 0 bridgehead atoms. The van der Waals surface area contributed by atoms with Gasteiger partial charge in [-0.1, -0.05) is 65.8 Å². The summed E-state index contributed by atoms with van der Waals surface area (Å²) < 4.78 is 3.81. The molecule has 0 spiro atoms. The van der Waals surface area contributed by atoms with E-state index < -0.39 is 11.9 Å². The van der Waals surface area contributed by atoms with Crippen LogP contribution < -0.4 is 21.3 Å². The molecule has 6 N–H and O–H groups in total. The molecule has 0 radical (unpaired) electrons. The molecule has 0 saturated heterocycles. The predicted molar refractivity (Wildman–Crippen MR) is 317 cm³/mol. The minimum absolute atomic E-state index is 0.0852. The summed E-state index contributed by atoms with van der Waals surface area (Å²) in [6, 6.07) is 16.3. The Balaban J connectivity index is 0.000000198. The second-order valence-corrected chi connectivity index (χ2v) is 25.2. The summed E-state index contributed by atoms with van der Waals surface area (Å²) in [6.07, 6.45) is 19.9. The number of rotatable bonds is 16. The molecule has 0 unspecified atom stereocenters. The Morgan fingerprint density at radius 2 is 0.939 bits per heavy atom. The Morgan fingerprint density at radius 3 is 1.28 bits per heavy atom. The lowest BCUT2D eigenvalue weighted by atomic mass is 9.86. The number of aryl methyl sites for hydroxylation is 2. The molecular formula is C60H70N14O6S2. The van der Waals surface area contributed by atoms with Gasteiger partial charge in [0.15, 0.2) is 0 Å². The Kier molecular flexibility index (Phi) is 18.0. The van der Waals surface area contributed by atoms with E-state index in [2.05, 4.69) is 105 Å². The van der Waals surface area contributed by atoms with Gasteiger partial charge in [-0.25, -0.2) is 29.9 Å². The van der Waals surface area contributed by atoms with Crippen molar-refractivity contribution in [3.8, 4) is 22.5 Å². The van der Waals surface area contributed by atoms with E-state index in [0.717, 1.165) is 91.8 Å². The molecule has 2 aromatic carbocycles. The van der Waals surface area contributed by atoms with Crippen molar-refractivity contribution in [3.05, 3.63) is 140 Å². The van der Waals surface area contributed by atoms with Crippen LogP contribution in [0.2, 0.25) is 0 Å². The highest BCUT2D eigenvalue weighted by atomic mass is 32.1. The van der Waals surface area contributed by atoms with Crippen molar-refractivity contribution >= 4 is 69.7 Å². The standard InChI is InChI=1S/2C30H35N7O3S/c2*1-18-13-20(5-6-21(18)14-32-26(38)25-16-33-28(41-25)30(2,3)4)24-11-12-31-29(36-24)35-22-15-34-37(17-22)23-9-7-19(8-10-23)27(39)40/h2*5-6,11-13,15-17,19,23H,7-10,14H2,1-4H3,(H,32,38)(H,39,40)(H,31,35,36). The SMILES string of the molecule is Cc1cc(-c2ccnc(Nc3cnn(C4CCC(C(=O)O)CC4)c3)n2)ccc1CNC(=O)c1cnc(C(C)(C)C)s1.Cc1cc(-c2ccnc(Nc3cnn(C4CCC(C(=O)O)CC4)c3)n2)ccc1CNC(=O)c1cnc(C(C)(C)C)s1. The second-order valence-electron chi connectivity index (χ2n) is 23.1. The number of aromatic nitrogens is 10. The van der Waals surface area contributed by atoms with Gasteiger partial charge in [-0.2, -0.15) is 10.2 Å². The monoisotopic (exact) mass is 1150 g/mol. The summed E-state index contributed by atoms with van der Waals surface area (Å²) in [4.78, 5) is 76.0. The molecule has 10 rings (SSSR count). The zero-order valence-corrected chi connectivity index (χ0v) is 49.1. The first-order valence-corrected chi connectivity index (χ1v) is 29.2. The maximum atomic E-state index is 12.7. The summed E-state index contributed by atoms with van der Waals surface area (Å²) in [5, 5.41) is 41.8. The molecule has 428 valence electrons. The number of benzene rings is 2. The molecule has 82 heavy (non-hydrogen) atoms. The third-order valence-corrected chi connectivity index (χ3v) is 17.6. The van der Waals surface area contributed by atoms with E-state index in [1.165, 1.54) is 22.7 Å². The molecule has 0 aliphatic heterocycles. The van der Waals surface area contributed by atoms with Crippen molar-refractivity contribution in [1.82, 2.24) is 60.1 Å². The number of anilines is 4. The van der Waals surface area contributed by atoms with Crippen LogP contribution in [0.25, 0.3) is 22.5 Å². The smallest absolute Gasteiger partial charge is 0.306 e. The van der Waals surface area contributed by atoms with Crippen LogP contribution >= 0.6 is 22.7 Å². The highest BCUT2D eigenvalue weighted by molar-refractivity contribution is 7.14. The first-order valence-electron chi connectivity index (χ1n) is 27.6. The number of amides is 2. The van der Waals surface area contributed by atoms with Gasteiger partial charge in [-0.3, -0.25) is 28.5 Å². The lowest BCUT2D eigenvalue weighted by Crippen LogP contribution is -2.23. The maximum absolute atomic E-state index is 12.7. The van der Waals surface area contributed by atoms with Crippen molar-refractivity contribution in [2.75, 3.05) is 10.6 Å². The van der Waals surface area contributed by atoms with Crippen LogP contribution in [-0.2, 0) is 33.5 Å². The van der Waals surface area contributed by atoms with Crippen LogP contribution in [-0.4, -0.2) is 83.4 Å². The third kappa shape index (κ3) is 14.8. The minimum Gasteiger partial charge on any atom is -0.481 e. The molecule has 8 aromatic rings. The van der Waals surface area contributed by atoms with E-state index in [4.69, 9.17) is 9.97 Å². The Morgan fingerprint density at radius 1 is 0.549 bits per heavy atom. The molecule has 2 fully saturated rings. The van der Waals surface area contributed by atoms with Gasteiger partial charge in [-0.15, -0.1) is 22.7 Å². The predicted octanol–water partition coefficient (Wildman–Crippen LogP) is 11.8. The molecular weight excluding hydrogens is 1080 g/mol. The van der Waals surface area contributed by atoms with Crippen molar-refractivity contribution in [2.24, 2.45) is 11.8 Å². The van der Waals surface area contributed by atoms with Gasteiger partial charge < -0.3 is 31.5 Å². The zero-order chi connectivity index (χ0) is 58.3. The summed E-state index contributed by atoms with van der Waals surface area (Å²) in [5.41, 5.74) is 9.00. The van der Waals surface area contributed by atoms with Gasteiger partial charge in [-0.05, 0) is 112 Å². The van der Waals surface area contributed by atoms with Gasteiger partial charge in [0.2, 0.25) is 11.9 Å². The van der Waals surface area contributed by atoms with Gasteiger partial charge >= 0.3 is 11.9 Å². The van der Waals surface area contributed by atoms with E-state index in [1.807, 2.05) is 72.0 Å². The number of thiazole rings is 2. The molecule has 2 aliphatic rings. The summed E-state index contributed by atoms with van der Waals surface area (Å²) in [7, 11) is 0. The molecule has 6 aromatic heterocycles. The maximum Gasteiger partial charge on any atom is 0.306 e. The lowest BCUT2D eigenvalue weighted by molar-refractivity contribution is -0.144. The van der Waals surface area contributed by atoms with Gasteiger partial charge in [0.1, 0.15) is 9.75 Å². The average molecular weight is 1150 g/mol. The topological polar surface area (TPSA) is 270 Å². The van der Waals surface area contributed by atoms with Crippen molar-refractivity contribution in [1.29, 1.82) is 0 Å². The average Bonchev–Trinajstić information content (AvgIpc) is 4.34. The molecule has 6 heterocycles. The van der Waals surface area contributed by atoms with Crippen molar-refractivity contribution in [2.45, 2.75) is 143 Å². The fourth-order valence-electron chi connectivity index (χ4n) is 9.88. The third-order valence-electron chi connectivity index (χ3n) is 14.8. The number of carboxylic acids is 2. The first-order chi connectivity index (χ1) is 39.1. The lowest BCUT2D eigenvalue weighted by Gasteiger charge is -2.26. The Hall–Kier alpha value is -8.24. The van der Waals surface area contributed by atoms with Crippen LogP contribution in [0.4, 0.5) is 23.3 Å². The largest absolute Gasteiger partial charge is 0.481 e. The number of carbonyl (C=O) groups excluding carboxylic acids is 2. The zero-order valence-electron chi connectivity index (χ0n) is 47.4. The minimum atomic E-state index is -0.707. The van der Waals surface area contributed by atoms with E-state index in [9.17, 15) is 29.4 Å². The molecule has 0 atom stereocenters. The van der Waals surface area contributed by atoms with Crippen LogP contribution in [0.15, 0.2) is 98.1 Å². The number of carbonyl (C=O) groups is 4. The number of hydrogen-bond acceptors (Lipinski definition) is 16. The fraction of sp³-hybridized carbons (Fsp3) is 0.400. The first kappa shape index (κ1) is 58.4. The molecule has 20 nitrogen and oxygen atoms in total. The van der Waals surface area contributed by atoms with E-state index in [-0.39, 0.29) is 46.6 Å². The molecule has 2 amide bonds. The Bertz CT molecular complexity index is 3330. The molecule has 22 heteroatoms. The number of nitrogens with one attached hydrogen (secondary N) is 4. The fourth-order valence-corrected chi connectivity index (χ4v) is 11.7. The van der Waals surface area contributed by atoms with E-state index >= 15 is 0 Å². The number of nitrogens with zero attached hydrogens (tertiary/aromatic N) is 10. The van der Waals surface area contributed by atoms with E-state index in [0.29, 0.717) is 60.4 Å². The highest BCUT2D eigenvalue weighted by Gasteiger charge is 2.29. The highest BCUT2D eigenvalue weighted by Crippen LogP contribution is 2.35. The summed E-state index contributed by atoms with van der Waals surface area (Å²) in [5.74, 6) is -1.23. The summed E-state index contributed by atoms with van der Waals surface area (Å²) in [6.45, 7) is 17.4. The van der Waals surface area contributed by atoms with Gasteiger partial charge in [0.25, 0.3) is 11.8 Å². The number of aliphatic carboxylic acids is 2. The van der Waals surface area contributed by atoms with Crippen LogP contribution in [0.1, 0.15) is 157 Å². The normalized spacial score (nSPS) is 17.3. The van der Waals surface area contributed by atoms with Gasteiger partial charge in [0.05, 0.1) is 81.5 Å². The second kappa shape index (κ2) is 25.3. The Labute approximate surface area is 484 Å². The van der Waals surface area contributed by atoms with Crippen molar-refractivity contribution in [3.63, 3.8) is 0 Å². The molecule has 2 aliphatic carbocycles. The van der Waals surface area contributed by atoms with Crippen LogP contribution in [0, 0.1) is 25.7 Å². The quantitative estimate of drug-likeness (QED) is 0.0525. The van der Waals surface area contributed by atoms with Gasteiger partial charge in [0, 0.05) is 59.8 Å². The number of hydrogen-bond donors (Lipinski definition) is 6. The summed E-state index contributed by atoms with van der Waals surface area (Å²) >= 11 is 2.86. The van der Waals surface area contributed by atoms with Crippen LogP contribution in [0.3, 0.4) is 0 Å². The van der Waals surface area contributed by atoms with E-state index in [1.54, 1.807) is 37.2 Å². The molecule has 2 saturated carbocycles. The number of carboxylic acid groups (broad SMARTS) is 2.